The lowest BCUT2D eigenvalue weighted by Gasteiger charge is -2.32. The lowest BCUT2D eigenvalue weighted by molar-refractivity contribution is -0.131. The number of methoxy groups -OCH3 is 1. The van der Waals surface area contributed by atoms with Crippen LogP contribution in [-0.4, -0.2) is 45.5 Å². The summed E-state index contributed by atoms with van der Waals surface area (Å²) in [6, 6.07) is 4.92. The number of nitriles is 1. The molecule has 0 atom stereocenters. The lowest BCUT2D eigenvalue weighted by Crippen LogP contribution is -2.46. The van der Waals surface area contributed by atoms with E-state index in [1.54, 1.807) is 17.0 Å². The highest BCUT2D eigenvalue weighted by Crippen LogP contribution is 2.28. The first kappa shape index (κ1) is 19.2. The fourth-order valence-electron chi connectivity index (χ4n) is 2.84. The van der Waals surface area contributed by atoms with E-state index in [0.717, 1.165) is 11.1 Å². The molecular weight excluding hydrogens is 342 g/mol. The van der Waals surface area contributed by atoms with Crippen LogP contribution in [-0.2, 0) is 14.8 Å². The number of nitrogens with zero attached hydrogens (tertiary/aromatic N) is 2. The van der Waals surface area contributed by atoms with Gasteiger partial charge in [0.25, 0.3) is 0 Å². The molecular formula is C17H23N3O4S. The third-order valence-corrected chi connectivity index (χ3v) is 6.01. The van der Waals surface area contributed by atoms with Gasteiger partial charge in [-0.05, 0) is 49.9 Å². The Bertz CT molecular complexity index is 791. The molecule has 0 bridgehead atoms. The van der Waals surface area contributed by atoms with Gasteiger partial charge in [-0.25, -0.2) is 13.1 Å². The number of piperidine rings is 1. The SMILES string of the molecule is COc1cc(C)c(C)cc1S(=O)(=O)NC1CCN(C(=O)CC#N)CC1. The molecule has 1 aromatic carbocycles. The quantitative estimate of drug-likeness (QED) is 0.852. The number of carbonyl (C=O) groups excluding carboxylic acids is 1. The van der Waals surface area contributed by atoms with Gasteiger partial charge in [0.05, 0.1) is 13.2 Å². The summed E-state index contributed by atoms with van der Waals surface area (Å²) in [4.78, 5) is 13.4. The van der Waals surface area contributed by atoms with Crippen LogP contribution in [0.5, 0.6) is 5.75 Å². The van der Waals surface area contributed by atoms with Crippen molar-refractivity contribution in [2.24, 2.45) is 0 Å². The standard InChI is InChI=1S/C17H23N3O4S/c1-12-10-15(24-3)16(11-13(12)2)25(22,23)19-14-5-8-20(9-6-14)17(21)4-7-18/h10-11,14,19H,4-6,8-9H2,1-3H3. The van der Waals surface area contributed by atoms with Gasteiger partial charge in [-0.3, -0.25) is 4.79 Å². The summed E-state index contributed by atoms with van der Waals surface area (Å²) in [5.41, 5.74) is 1.83. The summed E-state index contributed by atoms with van der Waals surface area (Å²) in [5.74, 6) is 0.108. The number of amides is 1. The normalized spacial score (nSPS) is 15.7. The summed E-state index contributed by atoms with van der Waals surface area (Å²) in [5, 5.41) is 8.59. The Balaban J connectivity index is 2.10. The van der Waals surface area contributed by atoms with Crippen molar-refractivity contribution in [1.29, 1.82) is 5.26 Å². The van der Waals surface area contributed by atoms with Gasteiger partial charge < -0.3 is 9.64 Å². The van der Waals surface area contributed by atoms with Gasteiger partial charge in [-0.2, -0.15) is 5.26 Å². The third-order valence-electron chi connectivity index (χ3n) is 4.47. The van der Waals surface area contributed by atoms with E-state index in [0.29, 0.717) is 31.7 Å². The lowest BCUT2D eigenvalue weighted by atomic mass is 10.1. The third kappa shape index (κ3) is 4.50. The van der Waals surface area contributed by atoms with Crippen molar-refractivity contribution in [2.75, 3.05) is 20.2 Å². The van der Waals surface area contributed by atoms with Crippen LogP contribution < -0.4 is 9.46 Å². The largest absolute Gasteiger partial charge is 0.495 e. The van der Waals surface area contributed by atoms with Crippen LogP contribution in [0, 0.1) is 25.2 Å². The van der Waals surface area contributed by atoms with Crippen LogP contribution in [0.1, 0.15) is 30.4 Å². The first-order valence-electron chi connectivity index (χ1n) is 8.10. The van der Waals surface area contributed by atoms with E-state index >= 15 is 0 Å². The predicted molar refractivity (Wildman–Crippen MR) is 92.6 cm³/mol. The maximum Gasteiger partial charge on any atom is 0.244 e. The molecule has 0 saturated carbocycles. The molecule has 0 aromatic heterocycles. The molecule has 8 heteroatoms. The fourth-order valence-corrected chi connectivity index (χ4v) is 4.38. The minimum atomic E-state index is -3.72. The monoisotopic (exact) mass is 365 g/mol. The van der Waals surface area contributed by atoms with E-state index in [2.05, 4.69) is 4.72 Å². The van der Waals surface area contributed by atoms with Crippen LogP contribution in [0.3, 0.4) is 0 Å². The number of ether oxygens (including phenoxy) is 1. The first-order chi connectivity index (χ1) is 11.8. The van der Waals surface area contributed by atoms with Crippen molar-refractivity contribution in [3.05, 3.63) is 23.3 Å². The number of aryl methyl sites for hydroxylation is 2. The maximum atomic E-state index is 12.7. The van der Waals surface area contributed by atoms with Gasteiger partial charge in [0.15, 0.2) is 0 Å². The zero-order chi connectivity index (χ0) is 18.6. The topological polar surface area (TPSA) is 99.5 Å². The number of hydrogen-bond donors (Lipinski definition) is 1. The summed E-state index contributed by atoms with van der Waals surface area (Å²) in [6.45, 7) is 4.64. The Morgan fingerprint density at radius 1 is 1.32 bits per heavy atom. The second-order valence-electron chi connectivity index (χ2n) is 6.20. The molecule has 1 heterocycles. The Morgan fingerprint density at radius 3 is 2.48 bits per heavy atom. The summed E-state index contributed by atoms with van der Waals surface area (Å²) in [7, 11) is -2.27. The van der Waals surface area contributed by atoms with E-state index in [-0.39, 0.29) is 23.3 Å². The van der Waals surface area contributed by atoms with E-state index < -0.39 is 10.0 Å². The van der Waals surface area contributed by atoms with Gasteiger partial charge >= 0.3 is 0 Å². The Labute approximate surface area is 148 Å². The van der Waals surface area contributed by atoms with Crippen molar-refractivity contribution in [3.63, 3.8) is 0 Å². The van der Waals surface area contributed by atoms with E-state index in [1.807, 2.05) is 19.9 Å². The van der Waals surface area contributed by atoms with Gasteiger partial charge in [0.2, 0.25) is 15.9 Å². The van der Waals surface area contributed by atoms with Crippen molar-refractivity contribution in [1.82, 2.24) is 9.62 Å². The van der Waals surface area contributed by atoms with Crippen LogP contribution in [0.25, 0.3) is 0 Å². The zero-order valence-electron chi connectivity index (χ0n) is 14.7. The highest BCUT2D eigenvalue weighted by Gasteiger charge is 2.28. The average molecular weight is 365 g/mol. The van der Waals surface area contributed by atoms with Crippen molar-refractivity contribution >= 4 is 15.9 Å². The fraction of sp³-hybridized carbons (Fsp3) is 0.529. The summed E-state index contributed by atoms with van der Waals surface area (Å²) >= 11 is 0. The minimum Gasteiger partial charge on any atom is -0.495 e. The molecule has 1 fully saturated rings. The number of likely N-dealkylation sites (tertiary alicyclic amines) is 1. The number of nitrogens with one attached hydrogen (secondary N) is 1. The van der Waals surface area contributed by atoms with E-state index in [4.69, 9.17) is 10.00 Å². The number of benzene rings is 1. The van der Waals surface area contributed by atoms with Crippen molar-refractivity contribution < 1.29 is 17.9 Å². The number of sulfonamides is 1. The molecule has 1 aliphatic heterocycles. The average Bonchev–Trinajstić information content (AvgIpc) is 2.57. The summed E-state index contributed by atoms with van der Waals surface area (Å²) < 4.78 is 33.4. The Hall–Kier alpha value is -2.11. The number of carbonyl (C=O) groups is 1. The van der Waals surface area contributed by atoms with Crippen molar-refractivity contribution in [2.45, 2.75) is 44.0 Å². The van der Waals surface area contributed by atoms with Gasteiger partial charge in [-0.15, -0.1) is 0 Å². The van der Waals surface area contributed by atoms with Crippen LogP contribution in [0.15, 0.2) is 17.0 Å². The number of rotatable bonds is 5. The molecule has 0 radical (unpaired) electrons. The molecule has 0 aliphatic carbocycles. The highest BCUT2D eigenvalue weighted by molar-refractivity contribution is 7.89. The van der Waals surface area contributed by atoms with Crippen LogP contribution in [0.2, 0.25) is 0 Å². The molecule has 1 aromatic rings. The second kappa shape index (κ2) is 7.85. The van der Waals surface area contributed by atoms with Crippen LogP contribution >= 0.6 is 0 Å². The van der Waals surface area contributed by atoms with Gasteiger partial charge in [0.1, 0.15) is 17.1 Å². The smallest absolute Gasteiger partial charge is 0.244 e. The molecule has 0 unspecified atom stereocenters. The number of hydrogen-bond acceptors (Lipinski definition) is 5. The molecule has 25 heavy (non-hydrogen) atoms. The Kier molecular flexibility index (Phi) is 6.03. The van der Waals surface area contributed by atoms with Gasteiger partial charge in [0, 0.05) is 19.1 Å². The zero-order valence-corrected chi connectivity index (χ0v) is 15.5. The molecule has 0 spiro atoms. The highest BCUT2D eigenvalue weighted by atomic mass is 32.2. The van der Waals surface area contributed by atoms with Crippen LogP contribution in [0.4, 0.5) is 0 Å². The maximum absolute atomic E-state index is 12.7. The Morgan fingerprint density at radius 2 is 1.92 bits per heavy atom. The molecule has 1 N–H and O–H groups in total. The summed E-state index contributed by atoms with van der Waals surface area (Å²) in [6.07, 6.45) is 0.892. The predicted octanol–water partition coefficient (Wildman–Crippen LogP) is 1.50. The first-order valence-corrected chi connectivity index (χ1v) is 9.59. The molecule has 1 amide bonds. The second-order valence-corrected chi connectivity index (χ2v) is 7.88. The van der Waals surface area contributed by atoms with E-state index in [1.165, 1.54) is 7.11 Å². The molecule has 7 nitrogen and oxygen atoms in total. The minimum absolute atomic E-state index is 0.126. The molecule has 1 aliphatic rings. The van der Waals surface area contributed by atoms with Gasteiger partial charge in [-0.1, -0.05) is 0 Å². The van der Waals surface area contributed by atoms with Crippen molar-refractivity contribution in [3.8, 4) is 11.8 Å². The molecule has 1 saturated heterocycles. The molecule has 136 valence electrons. The van der Waals surface area contributed by atoms with E-state index in [9.17, 15) is 13.2 Å². The molecule has 2 rings (SSSR count).